The molecule has 0 saturated carbocycles. The Morgan fingerprint density at radius 1 is 1.41 bits per heavy atom. The van der Waals surface area contributed by atoms with Gasteiger partial charge in [-0.3, -0.25) is 9.69 Å². The van der Waals surface area contributed by atoms with E-state index >= 15 is 0 Å². The molecule has 0 fully saturated rings. The van der Waals surface area contributed by atoms with E-state index in [0.717, 1.165) is 10.6 Å². The highest BCUT2D eigenvalue weighted by atomic mass is 35.5. The largest absolute Gasteiger partial charge is 0.462 e. The van der Waals surface area contributed by atoms with E-state index in [1.807, 2.05) is 50.1 Å². The molecule has 1 aromatic carbocycles. The molecule has 0 amide bonds. The molecular weight excluding hydrogens is 238 g/mol. The minimum Gasteiger partial charge on any atom is -0.462 e. The number of likely N-dealkylation sites (N-methyl/N-ethyl adjacent to an activating group) is 1. The van der Waals surface area contributed by atoms with Crippen LogP contribution in [-0.2, 0) is 16.1 Å². The van der Waals surface area contributed by atoms with Crippen molar-refractivity contribution in [2.24, 2.45) is 0 Å². The lowest BCUT2D eigenvalue weighted by Crippen LogP contribution is -2.28. The zero-order chi connectivity index (χ0) is 12.8. The van der Waals surface area contributed by atoms with Crippen LogP contribution in [0.4, 0.5) is 0 Å². The lowest BCUT2D eigenvalue weighted by molar-refractivity contribution is -0.148. The molecule has 0 aliphatic carbocycles. The summed E-state index contributed by atoms with van der Waals surface area (Å²) < 4.78 is 5.08. The number of carbonyl (C=O) groups excluding carboxylic acids is 1. The number of halogens is 1. The number of nitrogens with zero attached hydrogens (tertiary/aromatic N) is 1. The number of hydrogen-bond acceptors (Lipinski definition) is 3. The van der Waals surface area contributed by atoms with Gasteiger partial charge >= 0.3 is 5.97 Å². The van der Waals surface area contributed by atoms with E-state index < -0.39 is 0 Å². The second kappa shape index (κ2) is 6.62. The molecule has 0 aliphatic rings. The summed E-state index contributed by atoms with van der Waals surface area (Å²) in [4.78, 5) is 13.3. The van der Waals surface area contributed by atoms with Gasteiger partial charge in [0.15, 0.2) is 0 Å². The molecule has 1 aromatic rings. The van der Waals surface area contributed by atoms with E-state index in [1.54, 1.807) is 0 Å². The van der Waals surface area contributed by atoms with Crippen LogP contribution in [0.3, 0.4) is 0 Å². The second-order valence-electron chi connectivity index (χ2n) is 4.30. The van der Waals surface area contributed by atoms with Gasteiger partial charge in [0.2, 0.25) is 0 Å². The molecule has 0 N–H and O–H groups in total. The Morgan fingerprint density at radius 2 is 2.06 bits per heavy atom. The first kappa shape index (κ1) is 14.0. The quantitative estimate of drug-likeness (QED) is 0.758. The van der Waals surface area contributed by atoms with Gasteiger partial charge in [-0.25, -0.2) is 0 Å². The van der Waals surface area contributed by atoms with Crippen molar-refractivity contribution in [1.29, 1.82) is 0 Å². The van der Waals surface area contributed by atoms with Crippen LogP contribution in [0.25, 0.3) is 0 Å². The molecule has 0 spiro atoms. The maximum atomic E-state index is 11.4. The van der Waals surface area contributed by atoms with Crippen LogP contribution in [0, 0.1) is 0 Å². The zero-order valence-corrected chi connectivity index (χ0v) is 11.2. The van der Waals surface area contributed by atoms with Gasteiger partial charge in [-0.1, -0.05) is 29.8 Å². The van der Waals surface area contributed by atoms with E-state index in [9.17, 15) is 4.79 Å². The van der Waals surface area contributed by atoms with E-state index in [1.165, 1.54) is 0 Å². The molecular formula is C13H18ClNO2. The van der Waals surface area contributed by atoms with Crippen molar-refractivity contribution in [3.63, 3.8) is 0 Å². The third kappa shape index (κ3) is 5.20. The van der Waals surface area contributed by atoms with Gasteiger partial charge in [-0.2, -0.15) is 0 Å². The fourth-order valence-electron chi connectivity index (χ4n) is 1.49. The van der Waals surface area contributed by atoms with Crippen LogP contribution in [0.15, 0.2) is 24.3 Å². The Balaban J connectivity index is 2.47. The normalized spacial score (nSPS) is 10.9. The lowest BCUT2D eigenvalue weighted by Gasteiger charge is -2.17. The first-order chi connectivity index (χ1) is 7.99. The van der Waals surface area contributed by atoms with Crippen molar-refractivity contribution in [2.45, 2.75) is 26.5 Å². The highest BCUT2D eigenvalue weighted by Crippen LogP contribution is 2.16. The van der Waals surface area contributed by atoms with Gasteiger partial charge < -0.3 is 4.74 Å². The van der Waals surface area contributed by atoms with E-state index in [-0.39, 0.29) is 18.6 Å². The summed E-state index contributed by atoms with van der Waals surface area (Å²) in [5.41, 5.74) is 1.01. The molecule has 0 heterocycles. The first-order valence-corrected chi connectivity index (χ1v) is 5.98. The predicted octanol–water partition coefficient (Wildman–Crippen LogP) is 2.72. The molecule has 4 heteroatoms. The number of rotatable bonds is 5. The first-order valence-electron chi connectivity index (χ1n) is 5.60. The smallest absolute Gasteiger partial charge is 0.320 e. The van der Waals surface area contributed by atoms with E-state index in [2.05, 4.69) is 0 Å². The molecule has 0 saturated heterocycles. The topological polar surface area (TPSA) is 29.5 Å². The lowest BCUT2D eigenvalue weighted by atomic mass is 10.2. The minimum atomic E-state index is -0.213. The van der Waals surface area contributed by atoms with Gasteiger partial charge in [0.05, 0.1) is 12.6 Å². The Hall–Kier alpha value is -1.06. The van der Waals surface area contributed by atoms with Crippen molar-refractivity contribution in [3.8, 4) is 0 Å². The molecule has 0 atom stereocenters. The van der Waals surface area contributed by atoms with E-state index in [4.69, 9.17) is 16.3 Å². The van der Waals surface area contributed by atoms with Crippen molar-refractivity contribution >= 4 is 17.6 Å². The van der Waals surface area contributed by atoms with Gasteiger partial charge in [0.1, 0.15) is 0 Å². The second-order valence-corrected chi connectivity index (χ2v) is 4.71. The molecule has 0 aromatic heterocycles. The van der Waals surface area contributed by atoms with Gasteiger partial charge in [0.25, 0.3) is 0 Å². The molecule has 0 unspecified atom stereocenters. The summed E-state index contributed by atoms with van der Waals surface area (Å²) in [6, 6.07) is 7.62. The SMILES string of the molecule is CC(C)OC(=O)CN(C)Cc1ccccc1Cl. The summed E-state index contributed by atoms with van der Waals surface area (Å²) in [7, 11) is 1.87. The number of hydrogen-bond donors (Lipinski definition) is 0. The Kier molecular flexibility index (Phi) is 5.45. The summed E-state index contributed by atoms with van der Waals surface area (Å²) in [6.45, 7) is 4.58. The molecule has 3 nitrogen and oxygen atoms in total. The third-order valence-corrected chi connectivity index (χ3v) is 2.53. The zero-order valence-electron chi connectivity index (χ0n) is 10.4. The maximum absolute atomic E-state index is 11.4. The van der Waals surface area contributed by atoms with Crippen LogP contribution < -0.4 is 0 Å². The number of ether oxygens (including phenoxy) is 1. The summed E-state index contributed by atoms with van der Waals surface area (Å²) in [6.07, 6.45) is -0.0730. The van der Waals surface area contributed by atoms with Crippen LogP contribution in [0.1, 0.15) is 19.4 Å². The van der Waals surface area contributed by atoms with Gasteiger partial charge in [-0.15, -0.1) is 0 Å². The fraction of sp³-hybridized carbons (Fsp3) is 0.462. The average Bonchev–Trinajstić information content (AvgIpc) is 2.19. The third-order valence-electron chi connectivity index (χ3n) is 2.16. The molecule has 17 heavy (non-hydrogen) atoms. The number of carbonyl (C=O) groups is 1. The van der Waals surface area contributed by atoms with Crippen molar-refractivity contribution < 1.29 is 9.53 Å². The number of esters is 1. The van der Waals surface area contributed by atoms with Gasteiger partial charge in [-0.05, 0) is 32.5 Å². The fourth-order valence-corrected chi connectivity index (χ4v) is 1.69. The molecule has 0 aliphatic heterocycles. The molecule has 94 valence electrons. The predicted molar refractivity (Wildman–Crippen MR) is 69.0 cm³/mol. The average molecular weight is 256 g/mol. The molecule has 1 rings (SSSR count). The Morgan fingerprint density at radius 3 is 2.65 bits per heavy atom. The highest BCUT2D eigenvalue weighted by Gasteiger charge is 2.10. The Bertz CT molecular complexity index is 379. The van der Waals surface area contributed by atoms with Crippen LogP contribution in [0.5, 0.6) is 0 Å². The highest BCUT2D eigenvalue weighted by molar-refractivity contribution is 6.31. The van der Waals surface area contributed by atoms with Crippen molar-refractivity contribution in [3.05, 3.63) is 34.9 Å². The van der Waals surface area contributed by atoms with Crippen LogP contribution in [0.2, 0.25) is 5.02 Å². The maximum Gasteiger partial charge on any atom is 0.320 e. The molecule has 0 bridgehead atoms. The van der Waals surface area contributed by atoms with Crippen LogP contribution in [-0.4, -0.2) is 30.6 Å². The minimum absolute atomic E-state index is 0.0730. The standard InChI is InChI=1S/C13H18ClNO2/c1-10(2)17-13(16)9-15(3)8-11-6-4-5-7-12(11)14/h4-7,10H,8-9H2,1-3H3. The Labute approximate surface area is 107 Å². The monoisotopic (exact) mass is 255 g/mol. The number of benzene rings is 1. The van der Waals surface area contributed by atoms with Gasteiger partial charge in [0, 0.05) is 11.6 Å². The van der Waals surface area contributed by atoms with Crippen molar-refractivity contribution in [1.82, 2.24) is 4.90 Å². The van der Waals surface area contributed by atoms with Crippen LogP contribution >= 0.6 is 11.6 Å². The van der Waals surface area contributed by atoms with Crippen molar-refractivity contribution in [2.75, 3.05) is 13.6 Å². The summed E-state index contributed by atoms with van der Waals surface area (Å²) >= 11 is 6.05. The molecule has 0 radical (unpaired) electrons. The summed E-state index contributed by atoms with van der Waals surface area (Å²) in [5, 5.41) is 0.719. The van der Waals surface area contributed by atoms with E-state index in [0.29, 0.717) is 6.54 Å². The summed E-state index contributed by atoms with van der Waals surface area (Å²) in [5.74, 6) is -0.213.